The third-order valence-electron chi connectivity index (χ3n) is 2.89. The molecule has 21 heavy (non-hydrogen) atoms. The molecule has 114 valence electrons. The normalized spacial score (nSPS) is 13.3. The van der Waals surface area contributed by atoms with Crippen molar-refractivity contribution >= 4 is 53.2 Å². The Bertz CT molecular complexity index is 702. The molecule has 0 aliphatic heterocycles. The zero-order valence-corrected chi connectivity index (χ0v) is 15.7. The molecule has 1 heterocycles. The molecule has 0 radical (unpaired) electrons. The molecule has 3 N–H and O–H groups in total. The summed E-state index contributed by atoms with van der Waals surface area (Å²) in [5.74, 6) is 0. The first-order chi connectivity index (χ1) is 9.90. The lowest BCUT2D eigenvalue weighted by molar-refractivity contribution is 0.569. The van der Waals surface area contributed by atoms with Crippen molar-refractivity contribution < 1.29 is 8.42 Å². The molecule has 1 unspecified atom stereocenters. The second kappa shape index (κ2) is 7.34. The second-order valence-corrected chi connectivity index (χ2v) is 9.88. The van der Waals surface area contributed by atoms with Gasteiger partial charge in [-0.25, -0.2) is 13.1 Å². The van der Waals surface area contributed by atoms with Gasteiger partial charge in [0, 0.05) is 12.6 Å². The van der Waals surface area contributed by atoms with Gasteiger partial charge >= 0.3 is 0 Å². The van der Waals surface area contributed by atoms with E-state index in [-0.39, 0.29) is 17.5 Å². The van der Waals surface area contributed by atoms with E-state index in [1.54, 1.807) is 6.07 Å². The number of sulfonamides is 1. The maximum Gasteiger partial charge on any atom is 0.242 e. The number of rotatable bonds is 6. The van der Waals surface area contributed by atoms with Crippen LogP contribution >= 0.6 is 43.2 Å². The highest BCUT2D eigenvalue weighted by molar-refractivity contribution is 9.12. The highest BCUT2D eigenvalue weighted by Crippen LogP contribution is 2.34. The summed E-state index contributed by atoms with van der Waals surface area (Å²) in [5.41, 5.74) is 7.04. The van der Waals surface area contributed by atoms with E-state index in [0.717, 1.165) is 9.35 Å². The van der Waals surface area contributed by atoms with Gasteiger partial charge in [0.1, 0.15) is 4.90 Å². The van der Waals surface area contributed by atoms with Crippen LogP contribution in [-0.4, -0.2) is 15.0 Å². The Morgan fingerprint density at radius 2 is 1.90 bits per heavy atom. The van der Waals surface area contributed by atoms with Gasteiger partial charge in [0.05, 0.1) is 7.57 Å². The quantitative estimate of drug-likeness (QED) is 0.701. The fraction of sp³-hybridized carbons (Fsp3) is 0.231. The fourth-order valence-corrected chi connectivity index (χ4v) is 6.66. The number of thiophene rings is 1. The molecule has 8 heteroatoms. The predicted octanol–water partition coefficient (Wildman–Crippen LogP) is 3.64. The molecule has 2 aromatic rings. The average molecular weight is 454 g/mol. The standard InChI is InChI=1S/C13H14Br2N2O2S2/c14-12-8-11(13(15)20-12)21(18,19)17-7-6-10(16)9-4-2-1-3-5-9/h1-5,8,10,17H,6-7,16H2. The minimum atomic E-state index is -3.52. The highest BCUT2D eigenvalue weighted by atomic mass is 79.9. The summed E-state index contributed by atoms with van der Waals surface area (Å²) < 4.78 is 28.3. The van der Waals surface area contributed by atoms with Gasteiger partial charge in [-0.15, -0.1) is 11.3 Å². The first kappa shape index (κ1) is 17.1. The Morgan fingerprint density at radius 3 is 2.48 bits per heavy atom. The van der Waals surface area contributed by atoms with Crippen LogP contribution in [0.2, 0.25) is 0 Å². The summed E-state index contributed by atoms with van der Waals surface area (Å²) in [6, 6.07) is 11.0. The van der Waals surface area contributed by atoms with Crippen molar-refractivity contribution in [3.05, 3.63) is 49.5 Å². The van der Waals surface area contributed by atoms with Crippen LogP contribution in [0.3, 0.4) is 0 Å². The summed E-state index contributed by atoms with van der Waals surface area (Å²) >= 11 is 7.85. The molecule has 1 atom stereocenters. The minimum Gasteiger partial charge on any atom is -0.324 e. The third kappa shape index (κ3) is 4.61. The van der Waals surface area contributed by atoms with Crippen molar-refractivity contribution in [1.29, 1.82) is 0 Å². The second-order valence-electron chi connectivity index (χ2n) is 4.39. The molecule has 0 saturated heterocycles. The molecule has 0 spiro atoms. The Kier molecular flexibility index (Phi) is 5.98. The van der Waals surface area contributed by atoms with E-state index in [1.807, 2.05) is 30.3 Å². The smallest absolute Gasteiger partial charge is 0.242 e. The molecule has 1 aromatic heterocycles. The van der Waals surface area contributed by atoms with Crippen LogP contribution in [0.1, 0.15) is 18.0 Å². The zero-order chi connectivity index (χ0) is 15.5. The van der Waals surface area contributed by atoms with Crippen molar-refractivity contribution in [2.75, 3.05) is 6.54 Å². The van der Waals surface area contributed by atoms with Crippen LogP contribution in [0.4, 0.5) is 0 Å². The van der Waals surface area contributed by atoms with E-state index in [1.165, 1.54) is 11.3 Å². The molecule has 0 aliphatic carbocycles. The van der Waals surface area contributed by atoms with Crippen LogP contribution in [0.5, 0.6) is 0 Å². The first-order valence-electron chi connectivity index (χ1n) is 6.15. The van der Waals surface area contributed by atoms with Crippen LogP contribution in [-0.2, 0) is 10.0 Å². The Hall–Kier alpha value is -0.250. The summed E-state index contributed by atoms with van der Waals surface area (Å²) in [5, 5.41) is 0. The van der Waals surface area contributed by atoms with Crippen LogP contribution < -0.4 is 10.5 Å². The molecule has 0 bridgehead atoms. The van der Waals surface area contributed by atoms with Crippen molar-refractivity contribution in [3.63, 3.8) is 0 Å². The van der Waals surface area contributed by atoms with E-state index in [2.05, 4.69) is 36.6 Å². The number of nitrogens with two attached hydrogens (primary N) is 1. The summed E-state index contributed by atoms with van der Waals surface area (Å²) in [6.07, 6.45) is 0.534. The molecular weight excluding hydrogens is 440 g/mol. The summed E-state index contributed by atoms with van der Waals surface area (Å²) in [4.78, 5) is 0.243. The summed E-state index contributed by atoms with van der Waals surface area (Å²) in [6.45, 7) is 0.290. The molecule has 2 rings (SSSR count). The van der Waals surface area contributed by atoms with Gasteiger partial charge < -0.3 is 5.73 Å². The van der Waals surface area contributed by atoms with Crippen LogP contribution in [0.25, 0.3) is 0 Å². The van der Waals surface area contributed by atoms with E-state index in [0.29, 0.717) is 10.2 Å². The predicted molar refractivity (Wildman–Crippen MR) is 92.9 cm³/mol. The maximum absolute atomic E-state index is 12.2. The lowest BCUT2D eigenvalue weighted by Crippen LogP contribution is -2.27. The zero-order valence-electron chi connectivity index (χ0n) is 10.9. The van der Waals surface area contributed by atoms with Gasteiger partial charge in [-0.2, -0.15) is 0 Å². The van der Waals surface area contributed by atoms with Gasteiger partial charge in [-0.1, -0.05) is 30.3 Å². The number of hydrogen-bond acceptors (Lipinski definition) is 4. The van der Waals surface area contributed by atoms with Gasteiger partial charge in [0.15, 0.2) is 0 Å². The van der Waals surface area contributed by atoms with Gasteiger partial charge in [-0.3, -0.25) is 0 Å². The molecule has 0 saturated carbocycles. The van der Waals surface area contributed by atoms with E-state index < -0.39 is 10.0 Å². The summed E-state index contributed by atoms with van der Waals surface area (Å²) in [7, 11) is -3.52. The Morgan fingerprint density at radius 1 is 1.24 bits per heavy atom. The van der Waals surface area contributed by atoms with Crippen molar-refractivity contribution in [1.82, 2.24) is 4.72 Å². The number of nitrogens with one attached hydrogen (secondary N) is 1. The fourth-order valence-electron chi connectivity index (χ4n) is 1.80. The van der Waals surface area contributed by atoms with Crippen LogP contribution in [0, 0.1) is 0 Å². The first-order valence-corrected chi connectivity index (χ1v) is 10.0. The average Bonchev–Trinajstić information content (AvgIpc) is 2.79. The monoisotopic (exact) mass is 452 g/mol. The van der Waals surface area contributed by atoms with Crippen molar-refractivity contribution in [3.8, 4) is 0 Å². The van der Waals surface area contributed by atoms with E-state index in [4.69, 9.17) is 5.73 Å². The molecular formula is C13H14Br2N2O2S2. The molecule has 0 aliphatic rings. The van der Waals surface area contributed by atoms with Crippen molar-refractivity contribution in [2.24, 2.45) is 5.73 Å². The third-order valence-corrected chi connectivity index (χ3v) is 7.11. The minimum absolute atomic E-state index is 0.188. The van der Waals surface area contributed by atoms with Crippen LogP contribution in [0.15, 0.2) is 48.9 Å². The SMILES string of the molecule is NC(CCNS(=O)(=O)c1cc(Br)sc1Br)c1ccccc1. The molecule has 1 aromatic carbocycles. The number of halogens is 2. The molecule has 0 fully saturated rings. The van der Waals surface area contributed by atoms with Crippen molar-refractivity contribution in [2.45, 2.75) is 17.4 Å². The molecule has 4 nitrogen and oxygen atoms in total. The number of hydrogen-bond donors (Lipinski definition) is 2. The van der Waals surface area contributed by atoms with E-state index in [9.17, 15) is 8.42 Å². The molecule has 0 amide bonds. The maximum atomic E-state index is 12.2. The van der Waals surface area contributed by atoms with E-state index >= 15 is 0 Å². The van der Waals surface area contributed by atoms with Gasteiger partial charge in [0.2, 0.25) is 10.0 Å². The Balaban J connectivity index is 1.95. The lowest BCUT2D eigenvalue weighted by Gasteiger charge is -2.12. The van der Waals surface area contributed by atoms with Gasteiger partial charge in [0.25, 0.3) is 0 Å². The number of benzene rings is 1. The van der Waals surface area contributed by atoms with Gasteiger partial charge in [-0.05, 0) is 49.9 Å². The lowest BCUT2D eigenvalue weighted by atomic mass is 10.1. The highest BCUT2D eigenvalue weighted by Gasteiger charge is 2.20. The topological polar surface area (TPSA) is 72.2 Å². The Labute approximate surface area is 145 Å². The largest absolute Gasteiger partial charge is 0.324 e.